The van der Waals surface area contributed by atoms with Gasteiger partial charge in [-0.25, -0.2) is 0 Å². The third-order valence-electron chi connectivity index (χ3n) is 1.68. The maximum absolute atomic E-state index is 3.34. The van der Waals surface area contributed by atoms with Crippen LogP contribution in [0.5, 0.6) is 0 Å². The first-order chi connectivity index (χ1) is 4.83. The van der Waals surface area contributed by atoms with Crippen molar-refractivity contribution in [1.29, 1.82) is 0 Å². The van der Waals surface area contributed by atoms with Crippen molar-refractivity contribution in [3.05, 3.63) is 11.8 Å². The van der Waals surface area contributed by atoms with Gasteiger partial charge in [-0.05, 0) is 13.3 Å². The summed E-state index contributed by atoms with van der Waals surface area (Å²) in [6, 6.07) is 0. The van der Waals surface area contributed by atoms with Gasteiger partial charge in [0.15, 0.2) is 0 Å². The largest absolute Gasteiger partial charge is 0.373 e. The standard InChI is InChI=1S/C8H16N2/c1-3-4-5-8-6-9-7(2)10-8/h5,7,9-10H,3-4,6H2,1-2H3/b8-5+. The Balaban J connectivity index is 2.29. The van der Waals surface area contributed by atoms with Gasteiger partial charge < -0.3 is 5.32 Å². The summed E-state index contributed by atoms with van der Waals surface area (Å²) in [5.74, 6) is 0. The first-order valence-corrected chi connectivity index (χ1v) is 4.02. The van der Waals surface area contributed by atoms with Crippen LogP contribution in [0.3, 0.4) is 0 Å². The average Bonchev–Trinajstić information content (AvgIpc) is 2.31. The second-order valence-corrected chi connectivity index (χ2v) is 2.76. The molecule has 0 bridgehead atoms. The highest BCUT2D eigenvalue weighted by atomic mass is 15.2. The van der Waals surface area contributed by atoms with Crippen LogP contribution < -0.4 is 10.6 Å². The van der Waals surface area contributed by atoms with E-state index in [2.05, 4.69) is 30.6 Å². The SMILES string of the molecule is CCC/C=C1\CNC(C)N1. The zero-order valence-electron chi connectivity index (χ0n) is 6.78. The predicted octanol–water partition coefficient (Wildman–Crippen LogP) is 1.21. The molecule has 1 fully saturated rings. The van der Waals surface area contributed by atoms with Gasteiger partial charge in [-0.2, -0.15) is 0 Å². The molecule has 1 saturated heterocycles. The van der Waals surface area contributed by atoms with E-state index in [0.717, 1.165) is 6.54 Å². The highest BCUT2D eigenvalue weighted by Gasteiger charge is 2.10. The molecular formula is C8H16N2. The normalized spacial score (nSPS) is 29.0. The molecule has 0 saturated carbocycles. The van der Waals surface area contributed by atoms with Crippen LogP contribution in [0.1, 0.15) is 26.7 Å². The summed E-state index contributed by atoms with van der Waals surface area (Å²) in [4.78, 5) is 0. The number of hydrogen-bond donors (Lipinski definition) is 2. The van der Waals surface area contributed by atoms with Crippen molar-refractivity contribution in [2.75, 3.05) is 6.54 Å². The lowest BCUT2D eigenvalue weighted by molar-refractivity contribution is 0.614. The Morgan fingerprint density at radius 3 is 3.00 bits per heavy atom. The van der Waals surface area contributed by atoms with Crippen molar-refractivity contribution in [3.63, 3.8) is 0 Å². The molecule has 2 nitrogen and oxygen atoms in total. The predicted molar refractivity (Wildman–Crippen MR) is 43.6 cm³/mol. The number of hydrogen-bond acceptors (Lipinski definition) is 2. The molecular weight excluding hydrogens is 124 g/mol. The molecule has 0 amide bonds. The Kier molecular flexibility index (Phi) is 2.75. The van der Waals surface area contributed by atoms with Crippen molar-refractivity contribution in [3.8, 4) is 0 Å². The molecule has 10 heavy (non-hydrogen) atoms. The minimum Gasteiger partial charge on any atom is -0.373 e. The Bertz CT molecular complexity index is 129. The minimum atomic E-state index is 0.461. The fourth-order valence-electron chi connectivity index (χ4n) is 1.09. The second-order valence-electron chi connectivity index (χ2n) is 2.76. The Labute approximate surface area is 62.7 Å². The van der Waals surface area contributed by atoms with Gasteiger partial charge in [0.25, 0.3) is 0 Å². The molecule has 0 aromatic heterocycles. The van der Waals surface area contributed by atoms with Crippen LogP contribution in [-0.4, -0.2) is 12.7 Å². The van der Waals surface area contributed by atoms with Gasteiger partial charge in [0.05, 0.1) is 6.17 Å². The van der Waals surface area contributed by atoms with E-state index >= 15 is 0 Å². The van der Waals surface area contributed by atoms with Crippen LogP contribution in [0.25, 0.3) is 0 Å². The van der Waals surface area contributed by atoms with Crippen LogP contribution in [-0.2, 0) is 0 Å². The lowest BCUT2D eigenvalue weighted by atomic mass is 10.3. The maximum atomic E-state index is 3.34. The van der Waals surface area contributed by atoms with Crippen molar-refractivity contribution in [1.82, 2.24) is 10.6 Å². The summed E-state index contributed by atoms with van der Waals surface area (Å²) in [6.07, 6.45) is 5.16. The van der Waals surface area contributed by atoms with Gasteiger partial charge in [-0.15, -0.1) is 0 Å². The lowest BCUT2D eigenvalue weighted by Gasteiger charge is -2.01. The van der Waals surface area contributed by atoms with Crippen molar-refractivity contribution in [2.45, 2.75) is 32.9 Å². The van der Waals surface area contributed by atoms with Crippen molar-refractivity contribution in [2.24, 2.45) is 0 Å². The number of nitrogens with one attached hydrogen (secondary N) is 2. The second kappa shape index (κ2) is 3.62. The zero-order valence-corrected chi connectivity index (χ0v) is 6.78. The summed E-state index contributed by atoms with van der Waals surface area (Å²) in [5.41, 5.74) is 1.36. The molecule has 1 rings (SSSR count). The molecule has 1 aliphatic rings. The van der Waals surface area contributed by atoms with E-state index in [1.54, 1.807) is 0 Å². The van der Waals surface area contributed by atoms with E-state index in [9.17, 15) is 0 Å². The fourth-order valence-corrected chi connectivity index (χ4v) is 1.09. The van der Waals surface area contributed by atoms with Crippen LogP contribution in [0.4, 0.5) is 0 Å². The summed E-state index contributed by atoms with van der Waals surface area (Å²) in [7, 11) is 0. The van der Waals surface area contributed by atoms with Gasteiger partial charge >= 0.3 is 0 Å². The third kappa shape index (κ3) is 2.03. The van der Waals surface area contributed by atoms with E-state index in [0.29, 0.717) is 6.17 Å². The van der Waals surface area contributed by atoms with E-state index in [1.807, 2.05) is 0 Å². The molecule has 0 aromatic carbocycles. The van der Waals surface area contributed by atoms with Gasteiger partial charge in [0.1, 0.15) is 0 Å². The van der Waals surface area contributed by atoms with E-state index in [1.165, 1.54) is 18.5 Å². The third-order valence-corrected chi connectivity index (χ3v) is 1.68. The fraction of sp³-hybridized carbons (Fsp3) is 0.750. The average molecular weight is 140 g/mol. The van der Waals surface area contributed by atoms with Crippen LogP contribution in [0.2, 0.25) is 0 Å². The highest BCUT2D eigenvalue weighted by molar-refractivity contribution is 5.07. The molecule has 2 heteroatoms. The smallest absolute Gasteiger partial charge is 0.0740 e. The van der Waals surface area contributed by atoms with E-state index in [-0.39, 0.29) is 0 Å². The molecule has 58 valence electrons. The first-order valence-electron chi connectivity index (χ1n) is 4.02. The highest BCUT2D eigenvalue weighted by Crippen LogP contribution is 2.00. The van der Waals surface area contributed by atoms with Crippen molar-refractivity contribution < 1.29 is 0 Å². The quantitative estimate of drug-likeness (QED) is 0.602. The summed E-state index contributed by atoms with van der Waals surface area (Å²) < 4.78 is 0. The van der Waals surface area contributed by atoms with Gasteiger partial charge in [-0.1, -0.05) is 19.4 Å². The molecule has 0 aliphatic carbocycles. The van der Waals surface area contributed by atoms with Gasteiger partial charge in [-0.3, -0.25) is 5.32 Å². The molecule has 2 N–H and O–H groups in total. The van der Waals surface area contributed by atoms with Crippen LogP contribution in [0.15, 0.2) is 11.8 Å². The molecule has 1 heterocycles. The van der Waals surface area contributed by atoms with Crippen LogP contribution in [0, 0.1) is 0 Å². The van der Waals surface area contributed by atoms with Crippen LogP contribution >= 0.6 is 0 Å². The summed E-state index contributed by atoms with van der Waals surface area (Å²) >= 11 is 0. The Morgan fingerprint density at radius 2 is 2.50 bits per heavy atom. The maximum Gasteiger partial charge on any atom is 0.0740 e. The summed E-state index contributed by atoms with van der Waals surface area (Å²) in [6.45, 7) is 5.34. The number of unbranched alkanes of at least 4 members (excludes halogenated alkanes) is 1. The molecule has 0 aromatic rings. The van der Waals surface area contributed by atoms with Crippen molar-refractivity contribution >= 4 is 0 Å². The monoisotopic (exact) mass is 140 g/mol. The number of rotatable bonds is 2. The minimum absolute atomic E-state index is 0.461. The van der Waals surface area contributed by atoms with Gasteiger partial charge in [0, 0.05) is 12.2 Å². The molecule has 1 aliphatic heterocycles. The van der Waals surface area contributed by atoms with E-state index < -0.39 is 0 Å². The number of allylic oxidation sites excluding steroid dienone is 1. The van der Waals surface area contributed by atoms with Gasteiger partial charge in [0.2, 0.25) is 0 Å². The Hall–Kier alpha value is -0.500. The Morgan fingerprint density at radius 1 is 1.70 bits per heavy atom. The summed E-state index contributed by atoms with van der Waals surface area (Å²) in [5, 5.41) is 6.64. The zero-order chi connectivity index (χ0) is 7.40. The molecule has 1 atom stereocenters. The topological polar surface area (TPSA) is 24.1 Å². The lowest BCUT2D eigenvalue weighted by Crippen LogP contribution is -2.26. The first kappa shape index (κ1) is 7.61. The molecule has 0 spiro atoms. The van der Waals surface area contributed by atoms with E-state index in [4.69, 9.17) is 0 Å². The molecule has 1 unspecified atom stereocenters. The molecule has 0 radical (unpaired) electrons.